The van der Waals surface area contributed by atoms with Crippen molar-refractivity contribution in [3.63, 3.8) is 0 Å². The summed E-state index contributed by atoms with van der Waals surface area (Å²) < 4.78 is 16.5. The Labute approximate surface area is 155 Å². The molecule has 0 atom stereocenters. The molecule has 0 unspecified atom stereocenters. The minimum atomic E-state index is -0.711. The lowest BCUT2D eigenvalue weighted by molar-refractivity contribution is -0.147. The molecule has 0 aromatic heterocycles. The summed E-state index contributed by atoms with van der Waals surface area (Å²) in [5, 5.41) is 6.49. The molecule has 26 heavy (non-hydrogen) atoms. The van der Waals surface area contributed by atoms with Gasteiger partial charge in [-0.05, 0) is 56.5 Å². The Balaban J connectivity index is 1.74. The van der Waals surface area contributed by atoms with Crippen LogP contribution in [0.2, 0.25) is 0 Å². The lowest BCUT2D eigenvalue weighted by Crippen LogP contribution is -2.56. The molecule has 0 radical (unpaired) electrons. The Morgan fingerprint density at radius 2 is 1.77 bits per heavy atom. The molecule has 0 saturated carbocycles. The molecule has 0 bridgehead atoms. The zero-order chi connectivity index (χ0) is 18.5. The van der Waals surface area contributed by atoms with Crippen molar-refractivity contribution < 1.29 is 19.0 Å². The standard InChI is InChI=1S/C20H30N2O4/c1-24-17-5-3-16(4-6-17)19(9-13-26-14-10-19)15-22-18(23)20(25-2)7-11-21-12-8-20/h3-6,21H,7-15H2,1-2H3,(H,22,23). The molecule has 2 fully saturated rings. The van der Waals surface area contributed by atoms with E-state index < -0.39 is 5.60 Å². The van der Waals surface area contributed by atoms with Crippen LogP contribution in [0, 0.1) is 0 Å². The summed E-state index contributed by atoms with van der Waals surface area (Å²) in [5.41, 5.74) is 0.401. The Hall–Kier alpha value is -1.63. The number of hydrogen-bond acceptors (Lipinski definition) is 5. The van der Waals surface area contributed by atoms with Crippen molar-refractivity contribution in [1.29, 1.82) is 0 Å². The van der Waals surface area contributed by atoms with Crippen LogP contribution in [-0.4, -0.2) is 58.6 Å². The third kappa shape index (κ3) is 3.87. The summed E-state index contributed by atoms with van der Waals surface area (Å²) in [6.45, 7) is 3.62. The maximum absolute atomic E-state index is 13.0. The molecule has 2 heterocycles. The van der Waals surface area contributed by atoms with E-state index in [1.165, 1.54) is 5.56 Å². The molecule has 2 saturated heterocycles. The number of hydrogen-bond donors (Lipinski definition) is 2. The fourth-order valence-corrected chi connectivity index (χ4v) is 4.04. The summed E-state index contributed by atoms with van der Waals surface area (Å²) in [4.78, 5) is 13.0. The minimum absolute atomic E-state index is 0.000813. The van der Waals surface area contributed by atoms with Crippen LogP contribution in [0.25, 0.3) is 0 Å². The van der Waals surface area contributed by atoms with Crippen molar-refractivity contribution >= 4 is 5.91 Å². The third-order valence-corrected chi connectivity index (χ3v) is 5.96. The molecule has 1 aromatic carbocycles. The predicted molar refractivity (Wildman–Crippen MR) is 99.6 cm³/mol. The Morgan fingerprint density at radius 3 is 2.35 bits per heavy atom. The Kier molecular flexibility index (Phi) is 6.16. The fourth-order valence-electron chi connectivity index (χ4n) is 4.04. The molecule has 144 valence electrons. The van der Waals surface area contributed by atoms with Crippen LogP contribution >= 0.6 is 0 Å². The van der Waals surface area contributed by atoms with E-state index in [-0.39, 0.29) is 11.3 Å². The monoisotopic (exact) mass is 362 g/mol. The highest BCUT2D eigenvalue weighted by Crippen LogP contribution is 2.35. The molecule has 0 aliphatic carbocycles. The lowest BCUT2D eigenvalue weighted by Gasteiger charge is -2.40. The van der Waals surface area contributed by atoms with Crippen LogP contribution in [0.15, 0.2) is 24.3 Å². The molecule has 6 nitrogen and oxygen atoms in total. The number of carbonyl (C=O) groups excluding carboxylic acids is 1. The van der Waals surface area contributed by atoms with E-state index >= 15 is 0 Å². The summed E-state index contributed by atoms with van der Waals surface area (Å²) in [7, 11) is 3.31. The topological polar surface area (TPSA) is 68.8 Å². The molecule has 2 aliphatic rings. The quantitative estimate of drug-likeness (QED) is 0.805. The van der Waals surface area contributed by atoms with E-state index in [2.05, 4.69) is 22.8 Å². The molecule has 6 heteroatoms. The van der Waals surface area contributed by atoms with E-state index in [4.69, 9.17) is 14.2 Å². The van der Waals surface area contributed by atoms with E-state index in [9.17, 15) is 4.79 Å². The first kappa shape index (κ1) is 19.1. The first-order valence-corrected chi connectivity index (χ1v) is 9.41. The van der Waals surface area contributed by atoms with Crippen LogP contribution in [-0.2, 0) is 19.7 Å². The van der Waals surface area contributed by atoms with Crippen molar-refractivity contribution in [1.82, 2.24) is 10.6 Å². The Morgan fingerprint density at radius 1 is 1.12 bits per heavy atom. The second-order valence-corrected chi connectivity index (χ2v) is 7.25. The van der Waals surface area contributed by atoms with Crippen molar-refractivity contribution in [3.05, 3.63) is 29.8 Å². The number of rotatable bonds is 6. The molecule has 2 N–H and O–H groups in total. The summed E-state index contributed by atoms with van der Waals surface area (Å²) >= 11 is 0. The Bertz CT molecular complexity index is 590. The van der Waals surface area contributed by atoms with Gasteiger partial charge in [-0.15, -0.1) is 0 Å². The molecular weight excluding hydrogens is 332 g/mol. The highest BCUT2D eigenvalue weighted by molar-refractivity contribution is 5.85. The molecule has 0 spiro atoms. The van der Waals surface area contributed by atoms with Crippen molar-refractivity contribution in [2.24, 2.45) is 0 Å². The second-order valence-electron chi connectivity index (χ2n) is 7.25. The van der Waals surface area contributed by atoms with Crippen molar-refractivity contribution in [2.75, 3.05) is 47.1 Å². The van der Waals surface area contributed by atoms with E-state index in [1.54, 1.807) is 14.2 Å². The molecule has 1 amide bonds. The number of ether oxygens (including phenoxy) is 3. The van der Waals surface area contributed by atoms with Gasteiger partial charge < -0.3 is 24.8 Å². The smallest absolute Gasteiger partial charge is 0.252 e. The van der Waals surface area contributed by atoms with Gasteiger partial charge in [0.25, 0.3) is 5.91 Å². The van der Waals surface area contributed by atoms with Crippen LogP contribution in [0.3, 0.4) is 0 Å². The minimum Gasteiger partial charge on any atom is -0.497 e. The normalized spacial score (nSPS) is 21.8. The number of amides is 1. The van der Waals surface area contributed by atoms with Gasteiger partial charge in [-0.2, -0.15) is 0 Å². The van der Waals surface area contributed by atoms with Gasteiger partial charge in [0.05, 0.1) is 7.11 Å². The van der Waals surface area contributed by atoms with Crippen molar-refractivity contribution in [3.8, 4) is 5.75 Å². The maximum atomic E-state index is 13.0. The van der Waals surface area contributed by atoms with Gasteiger partial charge in [-0.25, -0.2) is 0 Å². The average molecular weight is 362 g/mol. The zero-order valence-electron chi connectivity index (χ0n) is 15.8. The van der Waals surface area contributed by atoms with Gasteiger partial charge in [0.15, 0.2) is 0 Å². The highest BCUT2D eigenvalue weighted by Gasteiger charge is 2.42. The maximum Gasteiger partial charge on any atom is 0.252 e. The van der Waals surface area contributed by atoms with Gasteiger partial charge in [0.1, 0.15) is 11.4 Å². The third-order valence-electron chi connectivity index (χ3n) is 5.96. The van der Waals surface area contributed by atoms with Crippen LogP contribution in [0.1, 0.15) is 31.2 Å². The highest BCUT2D eigenvalue weighted by atomic mass is 16.5. The first-order chi connectivity index (χ1) is 12.6. The van der Waals surface area contributed by atoms with Crippen molar-refractivity contribution in [2.45, 2.75) is 36.7 Å². The van der Waals surface area contributed by atoms with Gasteiger partial charge in [-0.1, -0.05) is 12.1 Å². The summed E-state index contributed by atoms with van der Waals surface area (Å²) in [6.07, 6.45) is 3.18. The fraction of sp³-hybridized carbons (Fsp3) is 0.650. The first-order valence-electron chi connectivity index (χ1n) is 9.41. The van der Waals surface area contributed by atoms with E-state index in [0.29, 0.717) is 32.6 Å². The second kappa shape index (κ2) is 8.37. The molecule has 3 rings (SSSR count). The van der Waals surface area contributed by atoms with E-state index in [0.717, 1.165) is 31.7 Å². The number of methoxy groups -OCH3 is 2. The van der Waals surface area contributed by atoms with Gasteiger partial charge in [0, 0.05) is 32.3 Å². The van der Waals surface area contributed by atoms with Gasteiger partial charge in [0.2, 0.25) is 0 Å². The van der Waals surface area contributed by atoms with Gasteiger partial charge in [-0.3, -0.25) is 4.79 Å². The van der Waals surface area contributed by atoms with Crippen LogP contribution < -0.4 is 15.4 Å². The SMILES string of the molecule is COc1ccc(C2(CNC(=O)C3(OC)CCNCC3)CCOCC2)cc1. The van der Waals surface area contributed by atoms with Crippen LogP contribution in [0.5, 0.6) is 5.75 Å². The number of piperidine rings is 1. The number of nitrogens with one attached hydrogen (secondary N) is 2. The average Bonchev–Trinajstić information content (AvgIpc) is 2.73. The molecular formula is C20H30N2O4. The number of benzene rings is 1. The predicted octanol–water partition coefficient (Wildman–Crippen LogP) is 1.63. The summed E-state index contributed by atoms with van der Waals surface area (Å²) in [6, 6.07) is 8.18. The zero-order valence-corrected chi connectivity index (χ0v) is 15.8. The van der Waals surface area contributed by atoms with E-state index in [1.807, 2.05) is 12.1 Å². The number of carbonyl (C=O) groups is 1. The molecule has 1 aromatic rings. The van der Waals surface area contributed by atoms with Crippen LogP contribution in [0.4, 0.5) is 0 Å². The lowest BCUT2D eigenvalue weighted by atomic mass is 9.74. The summed E-state index contributed by atoms with van der Waals surface area (Å²) in [5.74, 6) is 0.842. The molecule has 2 aliphatic heterocycles. The largest absolute Gasteiger partial charge is 0.497 e. The van der Waals surface area contributed by atoms with Gasteiger partial charge >= 0.3 is 0 Å².